The summed E-state index contributed by atoms with van der Waals surface area (Å²) in [6.07, 6.45) is 2.22. The van der Waals surface area contributed by atoms with Crippen molar-refractivity contribution in [3.63, 3.8) is 0 Å². The molecule has 0 saturated carbocycles. The number of hydrogen-bond donors (Lipinski definition) is 1. The van der Waals surface area contributed by atoms with Crippen LogP contribution in [0.15, 0.2) is 60.7 Å². The fourth-order valence-corrected chi connectivity index (χ4v) is 3.98. The minimum absolute atomic E-state index is 0.113. The van der Waals surface area contributed by atoms with Gasteiger partial charge < -0.3 is 19.6 Å². The third-order valence-electron chi connectivity index (χ3n) is 5.56. The van der Waals surface area contributed by atoms with Gasteiger partial charge in [-0.15, -0.1) is 0 Å². The number of Topliss-reactive ketones (excluding diaryl/α,β-unsaturated/α-hetero) is 1. The predicted molar refractivity (Wildman–Crippen MR) is 125 cm³/mol. The highest BCUT2D eigenvalue weighted by molar-refractivity contribution is 6.46. The lowest BCUT2D eigenvalue weighted by atomic mass is 9.93. The summed E-state index contributed by atoms with van der Waals surface area (Å²) in [5, 5.41) is 11.2. The van der Waals surface area contributed by atoms with E-state index in [2.05, 4.69) is 6.58 Å². The Balaban J connectivity index is 2.10. The molecular weight excluding hydrogens is 423 g/mol. The van der Waals surface area contributed by atoms with E-state index in [0.29, 0.717) is 36.4 Å². The lowest BCUT2D eigenvalue weighted by molar-refractivity contribution is -0.140. The summed E-state index contributed by atoms with van der Waals surface area (Å²) in [5.74, 6) is -1.86. The van der Waals surface area contributed by atoms with Crippen LogP contribution in [0.5, 0.6) is 5.75 Å². The summed E-state index contributed by atoms with van der Waals surface area (Å²) in [6.45, 7) is 6.66. The van der Waals surface area contributed by atoms with E-state index < -0.39 is 23.5 Å². The first-order valence-corrected chi connectivity index (χ1v) is 10.8. The van der Waals surface area contributed by atoms with E-state index in [0.717, 1.165) is 0 Å². The minimum atomic E-state index is -1.01. The Bertz CT molecular complexity index is 1090. The Hall–Kier alpha value is -3.45. The number of ketones is 1. The largest absolute Gasteiger partial charge is 0.507 e. The van der Waals surface area contributed by atoms with Crippen molar-refractivity contribution >= 4 is 17.4 Å². The Morgan fingerprint density at radius 3 is 2.61 bits per heavy atom. The number of benzene rings is 2. The molecule has 2 aromatic rings. The zero-order valence-electron chi connectivity index (χ0n) is 19.2. The molecule has 0 bridgehead atoms. The zero-order valence-corrected chi connectivity index (χ0v) is 19.2. The van der Waals surface area contributed by atoms with E-state index in [1.54, 1.807) is 43.3 Å². The van der Waals surface area contributed by atoms with Crippen LogP contribution in [0.1, 0.15) is 29.2 Å². The van der Waals surface area contributed by atoms with Crippen LogP contribution in [0, 0.1) is 12.7 Å². The molecule has 0 spiro atoms. The second-order valence-corrected chi connectivity index (χ2v) is 8.25. The van der Waals surface area contributed by atoms with Gasteiger partial charge in [-0.3, -0.25) is 9.59 Å². The average molecular weight is 453 g/mol. The summed E-state index contributed by atoms with van der Waals surface area (Å²) in [6, 6.07) is 10.0. The minimum Gasteiger partial charge on any atom is -0.507 e. The van der Waals surface area contributed by atoms with Crippen LogP contribution in [-0.2, 0) is 9.59 Å². The molecule has 1 aliphatic rings. The predicted octanol–water partition coefficient (Wildman–Crippen LogP) is 4.07. The number of aliphatic hydroxyl groups is 1. The van der Waals surface area contributed by atoms with Gasteiger partial charge in [-0.2, -0.15) is 0 Å². The molecule has 0 radical (unpaired) electrons. The third kappa shape index (κ3) is 5.14. The number of rotatable bonds is 9. The summed E-state index contributed by atoms with van der Waals surface area (Å²) in [7, 11) is 3.82. The standard InChI is InChI=1S/C26H29FN2O4/c1-5-15-33-18-11-12-19(17(2)16-18)24(30)22-23(20-9-6-7-10-21(20)27)29(26(32)25(22)31)14-8-13-28(3)4/h5-7,9-12,16,23,30H,1,8,13-15H2,2-4H3/t23-/m1/s1. The highest BCUT2D eigenvalue weighted by atomic mass is 19.1. The van der Waals surface area contributed by atoms with Crippen molar-refractivity contribution < 1.29 is 23.8 Å². The number of likely N-dealkylation sites (tertiary alicyclic amines) is 1. The van der Waals surface area contributed by atoms with Gasteiger partial charge in [-0.25, -0.2) is 4.39 Å². The Morgan fingerprint density at radius 1 is 1.24 bits per heavy atom. The molecule has 0 aromatic heterocycles. The van der Waals surface area contributed by atoms with Gasteiger partial charge in [0, 0.05) is 17.7 Å². The van der Waals surface area contributed by atoms with Gasteiger partial charge >= 0.3 is 0 Å². The fourth-order valence-electron chi connectivity index (χ4n) is 3.98. The lowest BCUT2D eigenvalue weighted by Gasteiger charge is -2.26. The van der Waals surface area contributed by atoms with Gasteiger partial charge in [-0.05, 0) is 63.8 Å². The van der Waals surface area contributed by atoms with Crippen molar-refractivity contribution in [3.8, 4) is 5.75 Å². The van der Waals surface area contributed by atoms with E-state index in [-0.39, 0.29) is 23.4 Å². The number of hydrogen-bond acceptors (Lipinski definition) is 5. The summed E-state index contributed by atoms with van der Waals surface area (Å²) in [4.78, 5) is 29.3. The van der Waals surface area contributed by atoms with Crippen molar-refractivity contribution in [2.24, 2.45) is 0 Å². The first kappa shape index (κ1) is 24.2. The quantitative estimate of drug-likeness (QED) is 0.269. The smallest absolute Gasteiger partial charge is 0.295 e. The zero-order chi connectivity index (χ0) is 24.1. The van der Waals surface area contributed by atoms with Crippen molar-refractivity contribution in [1.82, 2.24) is 9.80 Å². The molecule has 1 amide bonds. The molecule has 3 rings (SSSR count). The van der Waals surface area contributed by atoms with E-state index in [9.17, 15) is 19.1 Å². The van der Waals surface area contributed by atoms with E-state index >= 15 is 0 Å². The second kappa shape index (κ2) is 10.4. The van der Waals surface area contributed by atoms with Crippen LogP contribution in [0.2, 0.25) is 0 Å². The van der Waals surface area contributed by atoms with Gasteiger partial charge in [0.1, 0.15) is 23.9 Å². The Labute approximate surface area is 193 Å². The van der Waals surface area contributed by atoms with Crippen molar-refractivity contribution in [2.75, 3.05) is 33.8 Å². The van der Waals surface area contributed by atoms with Gasteiger partial charge in [0.15, 0.2) is 0 Å². The number of amides is 1. The highest BCUT2D eigenvalue weighted by Gasteiger charge is 2.46. The van der Waals surface area contributed by atoms with Crippen molar-refractivity contribution in [1.29, 1.82) is 0 Å². The second-order valence-electron chi connectivity index (χ2n) is 8.25. The van der Waals surface area contributed by atoms with Crippen LogP contribution < -0.4 is 4.74 Å². The normalized spacial score (nSPS) is 17.6. The summed E-state index contributed by atoms with van der Waals surface area (Å²) < 4.78 is 20.3. The van der Waals surface area contributed by atoms with Gasteiger partial charge in [0.05, 0.1) is 11.6 Å². The molecule has 6 nitrogen and oxygen atoms in total. The van der Waals surface area contributed by atoms with Crippen LogP contribution in [0.3, 0.4) is 0 Å². The fraction of sp³-hybridized carbons (Fsp3) is 0.308. The van der Waals surface area contributed by atoms with E-state index in [1.165, 1.54) is 17.0 Å². The lowest BCUT2D eigenvalue weighted by Crippen LogP contribution is -2.32. The number of aryl methyl sites for hydroxylation is 1. The van der Waals surface area contributed by atoms with Crippen LogP contribution in [-0.4, -0.2) is 60.4 Å². The molecule has 33 heavy (non-hydrogen) atoms. The first-order chi connectivity index (χ1) is 15.8. The number of carbonyl (C=O) groups is 2. The Kier molecular flexibility index (Phi) is 7.66. The number of halogens is 1. The molecule has 0 unspecified atom stereocenters. The maximum atomic E-state index is 14.8. The number of carbonyl (C=O) groups excluding carboxylic acids is 2. The van der Waals surface area contributed by atoms with Crippen LogP contribution in [0.4, 0.5) is 4.39 Å². The molecule has 1 aliphatic heterocycles. The first-order valence-electron chi connectivity index (χ1n) is 10.8. The number of aliphatic hydroxyl groups excluding tert-OH is 1. The molecule has 0 aliphatic carbocycles. The molecule has 7 heteroatoms. The SMILES string of the molecule is C=CCOc1ccc(C(O)=C2C(=O)C(=O)N(CCCN(C)C)[C@@H]2c2ccccc2F)c(C)c1. The van der Waals surface area contributed by atoms with Crippen LogP contribution >= 0.6 is 0 Å². The number of ether oxygens (including phenoxy) is 1. The van der Waals surface area contributed by atoms with E-state index in [1.807, 2.05) is 19.0 Å². The highest BCUT2D eigenvalue weighted by Crippen LogP contribution is 2.41. The summed E-state index contributed by atoms with van der Waals surface area (Å²) >= 11 is 0. The third-order valence-corrected chi connectivity index (χ3v) is 5.56. The molecule has 2 aromatic carbocycles. The topological polar surface area (TPSA) is 70.1 Å². The maximum absolute atomic E-state index is 14.8. The molecule has 1 fully saturated rings. The molecule has 1 saturated heterocycles. The van der Waals surface area contributed by atoms with Crippen molar-refractivity contribution in [3.05, 3.63) is 83.2 Å². The van der Waals surface area contributed by atoms with Crippen molar-refractivity contribution in [2.45, 2.75) is 19.4 Å². The molecule has 1 atom stereocenters. The van der Waals surface area contributed by atoms with Gasteiger partial charge in [0.2, 0.25) is 0 Å². The van der Waals surface area contributed by atoms with Crippen LogP contribution in [0.25, 0.3) is 5.76 Å². The van der Waals surface area contributed by atoms with Gasteiger partial charge in [-0.1, -0.05) is 30.9 Å². The summed E-state index contributed by atoms with van der Waals surface area (Å²) in [5.41, 5.74) is 1.10. The van der Waals surface area contributed by atoms with E-state index in [4.69, 9.17) is 4.74 Å². The average Bonchev–Trinajstić information content (AvgIpc) is 3.02. The van der Waals surface area contributed by atoms with Gasteiger partial charge in [0.25, 0.3) is 11.7 Å². The molecule has 174 valence electrons. The monoisotopic (exact) mass is 452 g/mol. The molecular formula is C26H29FN2O4. The maximum Gasteiger partial charge on any atom is 0.295 e. The number of nitrogens with zero attached hydrogens (tertiary/aromatic N) is 2. The Morgan fingerprint density at radius 2 is 1.97 bits per heavy atom. The molecule has 1 heterocycles. The molecule has 1 N–H and O–H groups in total.